The van der Waals surface area contributed by atoms with Gasteiger partial charge < -0.3 is 0 Å². The molecular weight excluding hydrogens is 164 g/mol. The molecule has 0 heterocycles. The van der Waals surface area contributed by atoms with Crippen molar-refractivity contribution in [3.05, 3.63) is 12.2 Å². The van der Waals surface area contributed by atoms with Gasteiger partial charge in [0.1, 0.15) is 11.6 Å². The van der Waals surface area contributed by atoms with E-state index in [1.807, 2.05) is 20.8 Å². The third-order valence-corrected chi connectivity index (χ3v) is 2.38. The molecule has 1 saturated carbocycles. The summed E-state index contributed by atoms with van der Waals surface area (Å²) in [6.45, 7) is 5.77. The molecule has 0 saturated heterocycles. The number of carbonyl (C=O) groups excluding carboxylic acids is 2. The lowest BCUT2D eigenvalue weighted by Crippen LogP contribution is -2.36. The van der Waals surface area contributed by atoms with Gasteiger partial charge in [-0.15, -0.1) is 0 Å². The monoisotopic (exact) mass is 180 g/mol. The van der Waals surface area contributed by atoms with Crippen LogP contribution >= 0.6 is 0 Å². The van der Waals surface area contributed by atoms with Crippen LogP contribution in [0, 0.1) is 11.3 Å². The first-order valence-electron chi connectivity index (χ1n) is 4.64. The molecule has 0 aromatic rings. The molecule has 0 aliphatic heterocycles. The number of rotatable bonds is 1. The Kier molecular flexibility index (Phi) is 2.69. The molecule has 0 radical (unpaired) electrons. The molecule has 0 amide bonds. The second-order valence-electron chi connectivity index (χ2n) is 4.45. The fourth-order valence-electron chi connectivity index (χ4n) is 1.81. The van der Waals surface area contributed by atoms with Crippen molar-refractivity contribution >= 4 is 11.6 Å². The predicted octanol–water partition coefficient (Wildman–Crippen LogP) is 2.14. The molecule has 0 spiro atoms. The number of hydrogen-bond acceptors (Lipinski definition) is 2. The van der Waals surface area contributed by atoms with Gasteiger partial charge in [0.15, 0.2) is 0 Å². The van der Waals surface area contributed by atoms with Gasteiger partial charge in [0.2, 0.25) is 0 Å². The third-order valence-electron chi connectivity index (χ3n) is 2.38. The zero-order valence-electron chi connectivity index (χ0n) is 8.46. The molecule has 1 aliphatic rings. The van der Waals surface area contributed by atoms with Crippen molar-refractivity contribution in [2.75, 3.05) is 0 Å². The van der Waals surface area contributed by atoms with Crippen LogP contribution in [0.25, 0.3) is 0 Å². The third kappa shape index (κ3) is 2.27. The van der Waals surface area contributed by atoms with Crippen molar-refractivity contribution in [3.63, 3.8) is 0 Å². The lowest BCUT2D eigenvalue weighted by atomic mass is 9.71. The van der Waals surface area contributed by atoms with E-state index in [0.717, 1.165) is 0 Å². The van der Waals surface area contributed by atoms with Crippen molar-refractivity contribution in [1.29, 1.82) is 0 Å². The zero-order chi connectivity index (χ0) is 10.1. The van der Waals surface area contributed by atoms with E-state index in [-0.39, 0.29) is 17.0 Å². The fraction of sp³-hybridized carbons (Fsp3) is 0.636. The molecular formula is C11H16O2. The van der Waals surface area contributed by atoms with E-state index in [9.17, 15) is 9.59 Å². The molecule has 0 bridgehead atoms. The van der Waals surface area contributed by atoms with Gasteiger partial charge in [-0.2, -0.15) is 0 Å². The average molecular weight is 180 g/mol. The lowest BCUT2D eigenvalue weighted by Gasteiger charge is -2.30. The zero-order valence-corrected chi connectivity index (χ0v) is 8.46. The first-order chi connectivity index (χ1) is 5.96. The molecule has 0 unspecified atom stereocenters. The minimum absolute atomic E-state index is 0.0688. The van der Waals surface area contributed by atoms with Crippen LogP contribution in [0.15, 0.2) is 12.2 Å². The number of Topliss-reactive ketones (excluding diaryl/α,β-unsaturated/α-hetero) is 2. The highest BCUT2D eigenvalue weighted by molar-refractivity contribution is 6.06. The Morgan fingerprint density at radius 3 is 2.08 bits per heavy atom. The largest absolute Gasteiger partial charge is 0.299 e. The van der Waals surface area contributed by atoms with Crippen LogP contribution in [0.4, 0.5) is 0 Å². The van der Waals surface area contributed by atoms with Crippen molar-refractivity contribution in [2.45, 2.75) is 33.6 Å². The van der Waals surface area contributed by atoms with E-state index >= 15 is 0 Å². The summed E-state index contributed by atoms with van der Waals surface area (Å²) in [5, 5.41) is 0. The van der Waals surface area contributed by atoms with Gasteiger partial charge >= 0.3 is 0 Å². The average Bonchev–Trinajstić information content (AvgIpc) is 1.94. The van der Waals surface area contributed by atoms with E-state index in [1.165, 1.54) is 0 Å². The molecule has 0 aromatic carbocycles. The molecule has 1 aliphatic carbocycles. The second kappa shape index (κ2) is 3.44. The number of hydrogen-bond donors (Lipinski definition) is 0. The van der Waals surface area contributed by atoms with Crippen molar-refractivity contribution in [3.8, 4) is 0 Å². The number of allylic oxidation sites excluding steroid dienone is 2. The highest BCUT2D eigenvalue weighted by Crippen LogP contribution is 2.34. The Morgan fingerprint density at radius 2 is 1.69 bits per heavy atom. The van der Waals surface area contributed by atoms with Crippen LogP contribution in [0.3, 0.4) is 0 Å². The van der Waals surface area contributed by atoms with Crippen molar-refractivity contribution in [2.24, 2.45) is 11.3 Å². The Balaban J connectivity index is 2.83. The van der Waals surface area contributed by atoms with E-state index in [4.69, 9.17) is 0 Å². The second-order valence-corrected chi connectivity index (χ2v) is 4.45. The van der Waals surface area contributed by atoms with Crippen molar-refractivity contribution < 1.29 is 9.59 Å². The molecule has 0 atom stereocenters. The maximum absolute atomic E-state index is 11.5. The summed E-state index contributed by atoms with van der Waals surface area (Å²) in [7, 11) is 0. The lowest BCUT2D eigenvalue weighted by molar-refractivity contribution is -0.137. The van der Waals surface area contributed by atoms with E-state index < -0.39 is 5.92 Å². The highest BCUT2D eigenvalue weighted by Gasteiger charge is 2.37. The highest BCUT2D eigenvalue weighted by atomic mass is 16.2. The normalized spacial score (nSPS) is 24.2. The van der Waals surface area contributed by atoms with E-state index in [0.29, 0.717) is 12.8 Å². The first-order valence-corrected chi connectivity index (χ1v) is 4.64. The standard InChI is InChI=1S/C11H16O2/c1-4-5-8-9(12)6-11(2,3)7-10(8)13/h4-5,8H,6-7H2,1-3H3. The topological polar surface area (TPSA) is 34.1 Å². The summed E-state index contributed by atoms with van der Waals surface area (Å²) in [6.07, 6.45) is 4.53. The van der Waals surface area contributed by atoms with Gasteiger partial charge in [-0.3, -0.25) is 9.59 Å². The van der Waals surface area contributed by atoms with Gasteiger partial charge in [0.25, 0.3) is 0 Å². The Hall–Kier alpha value is -0.920. The van der Waals surface area contributed by atoms with Crippen LogP contribution in [0.2, 0.25) is 0 Å². The van der Waals surface area contributed by atoms with Gasteiger partial charge in [-0.25, -0.2) is 0 Å². The SMILES string of the molecule is CC=CC1C(=O)CC(C)(C)CC1=O. The maximum atomic E-state index is 11.5. The summed E-state index contributed by atoms with van der Waals surface area (Å²) in [5.41, 5.74) is -0.133. The molecule has 13 heavy (non-hydrogen) atoms. The Bertz CT molecular complexity index is 241. The summed E-state index contributed by atoms with van der Waals surface area (Å²) >= 11 is 0. The minimum Gasteiger partial charge on any atom is -0.299 e. The van der Waals surface area contributed by atoms with Gasteiger partial charge in [-0.05, 0) is 12.3 Å². The first kappa shape index (κ1) is 10.2. The quantitative estimate of drug-likeness (QED) is 0.457. The summed E-state index contributed by atoms with van der Waals surface area (Å²) < 4.78 is 0. The van der Waals surface area contributed by atoms with Crippen molar-refractivity contribution in [1.82, 2.24) is 0 Å². The Morgan fingerprint density at radius 1 is 1.23 bits per heavy atom. The maximum Gasteiger partial charge on any atom is 0.147 e. The number of carbonyl (C=O) groups is 2. The number of ketones is 2. The van der Waals surface area contributed by atoms with Crippen LogP contribution in [-0.2, 0) is 9.59 Å². The molecule has 1 fully saturated rings. The van der Waals surface area contributed by atoms with Gasteiger partial charge in [-0.1, -0.05) is 26.0 Å². The van der Waals surface area contributed by atoms with Crippen LogP contribution in [0.5, 0.6) is 0 Å². The smallest absolute Gasteiger partial charge is 0.147 e. The van der Waals surface area contributed by atoms with Crippen LogP contribution < -0.4 is 0 Å². The summed E-state index contributed by atoms with van der Waals surface area (Å²) in [5.74, 6) is -0.322. The minimum atomic E-state index is -0.460. The molecule has 2 nitrogen and oxygen atoms in total. The van der Waals surface area contributed by atoms with Gasteiger partial charge in [0.05, 0.1) is 5.92 Å². The van der Waals surface area contributed by atoms with E-state index in [1.54, 1.807) is 12.2 Å². The van der Waals surface area contributed by atoms with Crippen LogP contribution in [-0.4, -0.2) is 11.6 Å². The molecule has 72 valence electrons. The summed E-state index contributed by atoms with van der Waals surface area (Å²) in [6, 6.07) is 0. The summed E-state index contributed by atoms with van der Waals surface area (Å²) in [4.78, 5) is 23.1. The Labute approximate surface area is 79.0 Å². The van der Waals surface area contributed by atoms with Gasteiger partial charge in [0, 0.05) is 12.8 Å². The molecule has 1 rings (SSSR count). The molecule has 0 N–H and O–H groups in total. The predicted molar refractivity (Wildman–Crippen MR) is 51.3 cm³/mol. The van der Waals surface area contributed by atoms with E-state index in [2.05, 4.69) is 0 Å². The molecule has 0 aromatic heterocycles. The van der Waals surface area contributed by atoms with Crippen LogP contribution in [0.1, 0.15) is 33.6 Å². The fourth-order valence-corrected chi connectivity index (χ4v) is 1.81. The molecule has 2 heteroatoms.